The van der Waals surface area contributed by atoms with Crippen LogP contribution in [0.5, 0.6) is 0 Å². The van der Waals surface area contributed by atoms with Crippen molar-refractivity contribution in [3.8, 4) is 0 Å². The van der Waals surface area contributed by atoms with Gasteiger partial charge in [0.15, 0.2) is 0 Å². The molecule has 0 aliphatic rings. The van der Waals surface area contributed by atoms with Gasteiger partial charge in [0.25, 0.3) is 0 Å². The number of nitrogens with one attached hydrogen (secondary N) is 2. The van der Waals surface area contributed by atoms with Gasteiger partial charge in [-0.3, -0.25) is 4.79 Å². The van der Waals surface area contributed by atoms with Gasteiger partial charge in [-0.15, -0.1) is 0 Å². The summed E-state index contributed by atoms with van der Waals surface area (Å²) in [5.74, 6) is -0.0941. The molecule has 0 fully saturated rings. The first-order chi connectivity index (χ1) is 9.78. The lowest BCUT2D eigenvalue weighted by Gasteiger charge is -2.19. The number of nitrogens with zero attached hydrogens (tertiary/aromatic N) is 1. The number of amides is 2. The van der Waals surface area contributed by atoms with E-state index in [0.717, 1.165) is 11.3 Å². The second-order valence-corrected chi connectivity index (χ2v) is 5.75. The zero-order valence-corrected chi connectivity index (χ0v) is 13.0. The molecule has 118 valence electrons. The topological polar surface area (TPSA) is 93.5 Å². The Kier molecular flexibility index (Phi) is 6.20. The number of hydrogen-bond acceptors (Lipinski definition) is 5. The molecule has 0 aliphatic carbocycles. The smallest absolute Gasteiger partial charge is 0.407 e. The predicted molar refractivity (Wildman–Crippen MR) is 76.6 cm³/mol. The van der Waals surface area contributed by atoms with E-state index >= 15 is 0 Å². The Morgan fingerprint density at radius 3 is 2.62 bits per heavy atom. The highest BCUT2D eigenvalue weighted by Crippen LogP contribution is 2.06. The van der Waals surface area contributed by atoms with Crippen LogP contribution in [0.15, 0.2) is 10.8 Å². The lowest BCUT2D eigenvalue weighted by atomic mass is 10.2. The summed E-state index contributed by atoms with van der Waals surface area (Å²) in [6, 6.07) is 0. The molecule has 0 aromatic carbocycles. The van der Waals surface area contributed by atoms with E-state index in [-0.39, 0.29) is 5.91 Å². The van der Waals surface area contributed by atoms with E-state index in [1.807, 2.05) is 6.92 Å². The summed E-state index contributed by atoms with van der Waals surface area (Å²) >= 11 is 0. The average Bonchev–Trinajstić information content (AvgIpc) is 2.75. The molecule has 0 saturated heterocycles. The van der Waals surface area contributed by atoms with Crippen molar-refractivity contribution in [3.63, 3.8) is 0 Å². The third kappa shape index (κ3) is 7.34. The predicted octanol–water partition coefficient (Wildman–Crippen LogP) is 1.90. The number of aromatic nitrogens is 1. The van der Waals surface area contributed by atoms with Crippen LogP contribution >= 0.6 is 0 Å². The standard InChI is InChI=1S/C14H23N3O4/c1-10-9-20-17-11(10)8-16-12(18)6-5-7-15-13(19)21-14(2,3)4/h9H,5-8H2,1-4H3,(H,15,19)(H,16,18). The first-order valence-corrected chi connectivity index (χ1v) is 6.91. The summed E-state index contributed by atoms with van der Waals surface area (Å²) in [4.78, 5) is 23.0. The molecular formula is C14H23N3O4. The molecule has 1 heterocycles. The fraction of sp³-hybridized carbons (Fsp3) is 0.643. The highest BCUT2D eigenvalue weighted by molar-refractivity contribution is 5.75. The van der Waals surface area contributed by atoms with Crippen LogP contribution in [0, 0.1) is 6.92 Å². The highest BCUT2D eigenvalue weighted by Gasteiger charge is 2.15. The largest absolute Gasteiger partial charge is 0.444 e. The van der Waals surface area contributed by atoms with Gasteiger partial charge in [0.2, 0.25) is 5.91 Å². The van der Waals surface area contributed by atoms with E-state index in [0.29, 0.717) is 25.9 Å². The van der Waals surface area contributed by atoms with Gasteiger partial charge in [0.1, 0.15) is 17.6 Å². The third-order valence-electron chi connectivity index (χ3n) is 2.55. The molecule has 21 heavy (non-hydrogen) atoms. The summed E-state index contributed by atoms with van der Waals surface area (Å²) in [7, 11) is 0. The Labute approximate surface area is 124 Å². The molecule has 0 aliphatic heterocycles. The molecule has 1 aromatic heterocycles. The maximum Gasteiger partial charge on any atom is 0.407 e. The molecule has 1 aromatic rings. The summed E-state index contributed by atoms with van der Waals surface area (Å²) in [6.07, 6.45) is 1.93. The van der Waals surface area contributed by atoms with Crippen LogP contribution in [0.3, 0.4) is 0 Å². The van der Waals surface area contributed by atoms with Crippen LogP contribution < -0.4 is 10.6 Å². The fourth-order valence-electron chi connectivity index (χ4n) is 1.51. The van der Waals surface area contributed by atoms with Gasteiger partial charge in [-0.2, -0.15) is 0 Å². The highest BCUT2D eigenvalue weighted by atomic mass is 16.6. The minimum Gasteiger partial charge on any atom is -0.444 e. The van der Waals surface area contributed by atoms with Gasteiger partial charge >= 0.3 is 6.09 Å². The SMILES string of the molecule is Cc1conc1CNC(=O)CCCNC(=O)OC(C)(C)C. The normalized spacial score (nSPS) is 11.0. The van der Waals surface area contributed by atoms with E-state index in [2.05, 4.69) is 15.8 Å². The molecule has 0 radical (unpaired) electrons. The van der Waals surface area contributed by atoms with Gasteiger partial charge in [-0.1, -0.05) is 5.16 Å². The van der Waals surface area contributed by atoms with Crippen molar-refractivity contribution in [2.24, 2.45) is 0 Å². The molecule has 7 heteroatoms. The lowest BCUT2D eigenvalue weighted by molar-refractivity contribution is -0.121. The molecule has 2 amide bonds. The van der Waals surface area contributed by atoms with Crippen molar-refractivity contribution >= 4 is 12.0 Å². The Bertz CT molecular complexity index is 477. The Balaban J connectivity index is 2.11. The molecule has 0 atom stereocenters. The van der Waals surface area contributed by atoms with Crippen molar-refractivity contribution < 1.29 is 18.8 Å². The first-order valence-electron chi connectivity index (χ1n) is 6.91. The minimum absolute atomic E-state index is 0.0941. The second-order valence-electron chi connectivity index (χ2n) is 5.75. The van der Waals surface area contributed by atoms with Crippen molar-refractivity contribution in [3.05, 3.63) is 17.5 Å². The van der Waals surface area contributed by atoms with E-state index in [1.54, 1.807) is 20.8 Å². The van der Waals surface area contributed by atoms with Gasteiger partial charge in [0.05, 0.1) is 6.54 Å². The van der Waals surface area contributed by atoms with E-state index in [9.17, 15) is 9.59 Å². The number of carbonyl (C=O) groups excluding carboxylic acids is 2. The van der Waals surface area contributed by atoms with E-state index in [4.69, 9.17) is 9.26 Å². The van der Waals surface area contributed by atoms with Crippen molar-refractivity contribution in [2.75, 3.05) is 6.54 Å². The van der Waals surface area contributed by atoms with Crippen molar-refractivity contribution in [1.29, 1.82) is 0 Å². The molecule has 2 N–H and O–H groups in total. The molecular weight excluding hydrogens is 274 g/mol. The molecule has 0 unspecified atom stereocenters. The summed E-state index contributed by atoms with van der Waals surface area (Å²) in [6.45, 7) is 8.00. The monoisotopic (exact) mass is 297 g/mol. The fourth-order valence-corrected chi connectivity index (χ4v) is 1.51. The molecule has 7 nitrogen and oxygen atoms in total. The second kappa shape index (κ2) is 7.66. The average molecular weight is 297 g/mol. The van der Waals surface area contributed by atoms with Crippen LogP contribution in [0.2, 0.25) is 0 Å². The van der Waals surface area contributed by atoms with Crippen LogP contribution in [0.4, 0.5) is 4.79 Å². The Morgan fingerprint density at radius 2 is 2.05 bits per heavy atom. The molecule has 0 bridgehead atoms. The Hall–Kier alpha value is -2.05. The quantitative estimate of drug-likeness (QED) is 0.782. The van der Waals surface area contributed by atoms with Crippen molar-refractivity contribution in [2.45, 2.75) is 52.7 Å². The number of ether oxygens (including phenoxy) is 1. The van der Waals surface area contributed by atoms with E-state index in [1.165, 1.54) is 6.26 Å². The maximum absolute atomic E-state index is 11.6. The van der Waals surface area contributed by atoms with Gasteiger partial charge in [0, 0.05) is 18.5 Å². The summed E-state index contributed by atoms with van der Waals surface area (Å²) in [5.41, 5.74) is 1.11. The van der Waals surface area contributed by atoms with E-state index < -0.39 is 11.7 Å². The van der Waals surface area contributed by atoms with Crippen LogP contribution in [0.1, 0.15) is 44.9 Å². The zero-order chi connectivity index (χ0) is 15.9. The number of hydrogen-bond donors (Lipinski definition) is 2. The number of aryl methyl sites for hydroxylation is 1. The van der Waals surface area contributed by atoms with Crippen LogP contribution in [-0.2, 0) is 16.1 Å². The van der Waals surface area contributed by atoms with Gasteiger partial charge in [-0.05, 0) is 34.1 Å². The van der Waals surface area contributed by atoms with Crippen LogP contribution in [-0.4, -0.2) is 29.3 Å². The summed E-state index contributed by atoms with van der Waals surface area (Å²) < 4.78 is 9.86. The third-order valence-corrected chi connectivity index (χ3v) is 2.55. The molecule has 1 rings (SSSR count). The number of carbonyl (C=O) groups is 2. The molecule has 0 spiro atoms. The lowest BCUT2D eigenvalue weighted by Crippen LogP contribution is -2.33. The number of alkyl carbamates (subject to hydrolysis) is 1. The number of rotatable bonds is 6. The maximum atomic E-state index is 11.6. The van der Waals surface area contributed by atoms with Crippen molar-refractivity contribution in [1.82, 2.24) is 15.8 Å². The Morgan fingerprint density at radius 1 is 1.33 bits per heavy atom. The first kappa shape index (κ1) is 17.0. The zero-order valence-electron chi connectivity index (χ0n) is 13.0. The van der Waals surface area contributed by atoms with Crippen LogP contribution in [0.25, 0.3) is 0 Å². The molecule has 0 saturated carbocycles. The van der Waals surface area contributed by atoms with Gasteiger partial charge < -0.3 is 19.9 Å². The van der Waals surface area contributed by atoms with Gasteiger partial charge in [-0.25, -0.2) is 4.79 Å². The summed E-state index contributed by atoms with van der Waals surface area (Å²) in [5, 5.41) is 9.13. The minimum atomic E-state index is -0.517.